The van der Waals surface area contributed by atoms with Crippen LogP contribution in [0.1, 0.15) is 0 Å². The van der Waals surface area contributed by atoms with E-state index in [9.17, 15) is 5.11 Å². The molecule has 0 bridgehead atoms. The number of hydrogen-bond acceptors (Lipinski definition) is 3. The summed E-state index contributed by atoms with van der Waals surface area (Å²) in [6.45, 7) is 0. The number of aromatic hydroxyl groups is 1. The molecule has 3 N–H and O–H groups in total. The Bertz CT molecular complexity index is 438. The normalized spacial score (nSPS) is 10.8. The monoisotopic (exact) mass is 243 g/mol. The highest BCUT2D eigenvalue weighted by molar-refractivity contribution is 9.10. The van der Waals surface area contributed by atoms with E-state index in [0.29, 0.717) is 10.2 Å². The molecule has 0 unspecified atom stereocenters. The average molecular weight is 244 g/mol. The second kappa shape index (κ2) is 2.64. The number of anilines is 1. The molecule has 0 amide bonds. The number of nitrogen functional groups attached to an aromatic ring is 1. The molecule has 0 saturated carbocycles. The van der Waals surface area contributed by atoms with Gasteiger partial charge in [-0.05, 0) is 28.1 Å². The smallest absolute Gasteiger partial charge is 0.187 e. The summed E-state index contributed by atoms with van der Waals surface area (Å²) in [6.07, 6.45) is 0. The van der Waals surface area contributed by atoms with Crippen LogP contribution in [-0.4, -0.2) is 5.11 Å². The SMILES string of the molecule is Nc1cccc2sc(O)c(Br)c12. The van der Waals surface area contributed by atoms with Crippen molar-refractivity contribution in [3.8, 4) is 5.06 Å². The maximum atomic E-state index is 9.38. The van der Waals surface area contributed by atoms with Crippen LogP contribution in [0, 0.1) is 0 Å². The molecule has 0 atom stereocenters. The van der Waals surface area contributed by atoms with Crippen LogP contribution in [0.4, 0.5) is 5.69 Å². The van der Waals surface area contributed by atoms with Gasteiger partial charge in [0.1, 0.15) is 0 Å². The van der Waals surface area contributed by atoms with Crippen molar-refractivity contribution in [2.24, 2.45) is 0 Å². The zero-order valence-electron chi connectivity index (χ0n) is 6.04. The Kier molecular flexibility index (Phi) is 1.73. The first-order chi connectivity index (χ1) is 5.70. The van der Waals surface area contributed by atoms with Crippen molar-refractivity contribution in [1.82, 2.24) is 0 Å². The van der Waals surface area contributed by atoms with Crippen molar-refractivity contribution in [1.29, 1.82) is 0 Å². The van der Waals surface area contributed by atoms with Gasteiger partial charge in [-0.25, -0.2) is 0 Å². The van der Waals surface area contributed by atoms with Gasteiger partial charge in [-0.2, -0.15) is 0 Å². The fourth-order valence-electron chi connectivity index (χ4n) is 1.12. The van der Waals surface area contributed by atoms with Crippen LogP contribution in [0.15, 0.2) is 22.7 Å². The largest absolute Gasteiger partial charge is 0.499 e. The Morgan fingerprint density at radius 3 is 2.83 bits per heavy atom. The molecule has 12 heavy (non-hydrogen) atoms. The van der Waals surface area contributed by atoms with Crippen LogP contribution < -0.4 is 5.73 Å². The van der Waals surface area contributed by atoms with Gasteiger partial charge in [-0.15, -0.1) is 0 Å². The molecule has 1 aromatic heterocycles. The summed E-state index contributed by atoms with van der Waals surface area (Å²) in [7, 11) is 0. The van der Waals surface area contributed by atoms with Crippen molar-refractivity contribution < 1.29 is 5.11 Å². The minimum atomic E-state index is 0.280. The van der Waals surface area contributed by atoms with Crippen LogP contribution in [-0.2, 0) is 0 Å². The summed E-state index contributed by atoms with van der Waals surface area (Å²) in [4.78, 5) is 0. The van der Waals surface area contributed by atoms with Gasteiger partial charge in [-0.3, -0.25) is 0 Å². The molecular formula is C8H6BrNOS. The topological polar surface area (TPSA) is 46.2 Å². The number of fused-ring (bicyclic) bond motifs is 1. The van der Waals surface area contributed by atoms with E-state index in [-0.39, 0.29) is 5.06 Å². The third kappa shape index (κ3) is 0.990. The van der Waals surface area contributed by atoms with Gasteiger partial charge in [0.2, 0.25) is 0 Å². The summed E-state index contributed by atoms with van der Waals surface area (Å²) in [6, 6.07) is 5.63. The van der Waals surface area contributed by atoms with Crippen molar-refractivity contribution >= 4 is 43.0 Å². The first-order valence-corrected chi connectivity index (χ1v) is 4.96. The molecule has 0 spiro atoms. The minimum absolute atomic E-state index is 0.280. The molecule has 2 nitrogen and oxygen atoms in total. The molecule has 0 aliphatic rings. The minimum Gasteiger partial charge on any atom is -0.499 e. The number of benzene rings is 1. The van der Waals surface area contributed by atoms with E-state index in [0.717, 1.165) is 10.1 Å². The molecule has 0 fully saturated rings. The fourth-order valence-corrected chi connectivity index (χ4v) is 2.81. The maximum Gasteiger partial charge on any atom is 0.187 e. The molecule has 0 aliphatic heterocycles. The predicted octanol–water partition coefficient (Wildman–Crippen LogP) is 2.95. The predicted molar refractivity (Wildman–Crippen MR) is 55.6 cm³/mol. The van der Waals surface area contributed by atoms with E-state index in [4.69, 9.17) is 5.73 Å². The Balaban J connectivity index is 2.97. The lowest BCUT2D eigenvalue weighted by Gasteiger charge is -1.94. The lowest BCUT2D eigenvalue weighted by Crippen LogP contribution is -1.83. The van der Waals surface area contributed by atoms with Crippen molar-refractivity contribution in [3.63, 3.8) is 0 Å². The number of hydrogen-bond donors (Lipinski definition) is 2. The van der Waals surface area contributed by atoms with Crippen molar-refractivity contribution in [2.45, 2.75) is 0 Å². The Morgan fingerprint density at radius 2 is 2.17 bits per heavy atom. The van der Waals surface area contributed by atoms with Gasteiger partial charge >= 0.3 is 0 Å². The number of halogens is 1. The number of nitrogens with two attached hydrogens (primary N) is 1. The van der Waals surface area contributed by atoms with Gasteiger partial charge in [0.15, 0.2) is 5.06 Å². The van der Waals surface area contributed by atoms with E-state index in [1.807, 2.05) is 18.2 Å². The highest BCUT2D eigenvalue weighted by atomic mass is 79.9. The molecule has 1 heterocycles. The lowest BCUT2D eigenvalue weighted by atomic mass is 10.2. The van der Waals surface area contributed by atoms with Crippen LogP contribution in [0.5, 0.6) is 5.06 Å². The summed E-state index contributed by atoms with van der Waals surface area (Å²) in [5.41, 5.74) is 6.43. The average Bonchev–Trinajstić information content (AvgIpc) is 2.29. The standard InChI is InChI=1S/C8H6BrNOS/c9-7-6-4(10)2-1-3-5(6)12-8(7)11/h1-3,11H,10H2. The lowest BCUT2D eigenvalue weighted by molar-refractivity contribution is 0.488. The number of rotatable bonds is 0. The molecule has 2 rings (SSSR count). The molecule has 4 heteroatoms. The zero-order chi connectivity index (χ0) is 8.72. The van der Waals surface area contributed by atoms with Crippen LogP contribution >= 0.6 is 27.3 Å². The molecule has 1 aromatic carbocycles. The second-order valence-corrected chi connectivity index (χ2v) is 4.27. The summed E-state index contributed by atoms with van der Waals surface area (Å²) in [5, 5.41) is 10.6. The fraction of sp³-hybridized carbons (Fsp3) is 0. The zero-order valence-corrected chi connectivity index (χ0v) is 8.45. The first-order valence-electron chi connectivity index (χ1n) is 3.35. The van der Waals surface area contributed by atoms with E-state index in [1.54, 1.807) is 0 Å². The van der Waals surface area contributed by atoms with Crippen LogP contribution in [0.2, 0.25) is 0 Å². The quantitative estimate of drug-likeness (QED) is 0.700. The van der Waals surface area contributed by atoms with E-state index >= 15 is 0 Å². The summed E-state index contributed by atoms with van der Waals surface area (Å²) < 4.78 is 1.69. The van der Waals surface area contributed by atoms with Crippen LogP contribution in [0.25, 0.3) is 10.1 Å². The van der Waals surface area contributed by atoms with Gasteiger partial charge in [0, 0.05) is 15.8 Å². The van der Waals surface area contributed by atoms with E-state index in [1.165, 1.54) is 11.3 Å². The molecule has 2 aromatic rings. The first kappa shape index (κ1) is 7.89. The summed E-state index contributed by atoms with van der Waals surface area (Å²) in [5.74, 6) is 0. The molecule has 0 aliphatic carbocycles. The van der Waals surface area contributed by atoms with Crippen LogP contribution in [0.3, 0.4) is 0 Å². The third-order valence-electron chi connectivity index (χ3n) is 1.67. The highest BCUT2D eigenvalue weighted by Crippen LogP contribution is 2.42. The number of thiophene rings is 1. The summed E-state index contributed by atoms with van der Waals surface area (Å²) >= 11 is 4.60. The molecule has 0 saturated heterocycles. The Hall–Kier alpha value is -0.740. The Labute approximate surface area is 81.8 Å². The van der Waals surface area contributed by atoms with E-state index < -0.39 is 0 Å². The van der Waals surface area contributed by atoms with Gasteiger partial charge < -0.3 is 10.8 Å². The van der Waals surface area contributed by atoms with Gasteiger partial charge in [0.05, 0.1) is 4.47 Å². The molecule has 62 valence electrons. The maximum absolute atomic E-state index is 9.38. The van der Waals surface area contributed by atoms with Gasteiger partial charge in [-0.1, -0.05) is 17.4 Å². The van der Waals surface area contributed by atoms with Crippen molar-refractivity contribution in [3.05, 3.63) is 22.7 Å². The second-order valence-electron chi connectivity index (χ2n) is 2.44. The Morgan fingerprint density at radius 1 is 1.42 bits per heavy atom. The highest BCUT2D eigenvalue weighted by Gasteiger charge is 2.09. The van der Waals surface area contributed by atoms with Crippen molar-refractivity contribution in [2.75, 3.05) is 5.73 Å². The van der Waals surface area contributed by atoms with Gasteiger partial charge in [0.25, 0.3) is 0 Å². The van der Waals surface area contributed by atoms with E-state index in [2.05, 4.69) is 15.9 Å². The third-order valence-corrected chi connectivity index (χ3v) is 3.66. The molecule has 0 radical (unpaired) electrons. The molecular weight excluding hydrogens is 238 g/mol.